The molecule has 0 bridgehead atoms. The highest BCUT2D eigenvalue weighted by Crippen LogP contribution is 2.35. The molecule has 1 N–H and O–H groups in total. The van der Waals surface area contributed by atoms with Crippen molar-refractivity contribution in [2.75, 3.05) is 7.11 Å². The smallest absolute Gasteiger partial charge is 0.273 e. The van der Waals surface area contributed by atoms with Gasteiger partial charge in [-0.25, -0.2) is 4.99 Å². The van der Waals surface area contributed by atoms with Crippen molar-refractivity contribution < 1.29 is 18.9 Å². The monoisotopic (exact) mass is 449 g/mol. The van der Waals surface area contributed by atoms with Crippen molar-refractivity contribution in [1.82, 2.24) is 5.32 Å². The number of hydrogen-bond donors (Lipinski definition) is 1. The van der Waals surface area contributed by atoms with E-state index in [1.807, 2.05) is 18.2 Å². The Morgan fingerprint density at radius 1 is 1.19 bits per heavy atom. The van der Waals surface area contributed by atoms with Crippen LogP contribution in [0, 0.1) is 24.0 Å². The van der Waals surface area contributed by atoms with Crippen LogP contribution in [-0.2, 0) is 4.79 Å². The van der Waals surface area contributed by atoms with Gasteiger partial charge in [-0.3, -0.25) is 14.9 Å². The number of nitro benzene ring substituents is 1. The van der Waals surface area contributed by atoms with E-state index in [2.05, 4.69) is 10.3 Å². The van der Waals surface area contributed by atoms with Gasteiger partial charge in [0.25, 0.3) is 11.6 Å². The highest BCUT2D eigenvalue weighted by atomic mass is 32.2. The van der Waals surface area contributed by atoms with Crippen molar-refractivity contribution >= 4 is 40.3 Å². The lowest BCUT2D eigenvalue weighted by atomic mass is 10.0. The van der Waals surface area contributed by atoms with E-state index in [1.54, 1.807) is 51.3 Å². The first kappa shape index (κ1) is 21.4. The van der Waals surface area contributed by atoms with Gasteiger partial charge in [0.15, 0.2) is 5.17 Å². The lowest BCUT2D eigenvalue weighted by Crippen LogP contribution is -2.19. The van der Waals surface area contributed by atoms with E-state index in [4.69, 9.17) is 9.15 Å². The van der Waals surface area contributed by atoms with Gasteiger partial charge in [0, 0.05) is 23.3 Å². The van der Waals surface area contributed by atoms with Crippen molar-refractivity contribution in [3.8, 4) is 17.1 Å². The molecular weight excluding hydrogens is 430 g/mol. The average molecular weight is 449 g/mol. The van der Waals surface area contributed by atoms with E-state index >= 15 is 0 Å². The number of carbonyl (C=O) groups excluding carboxylic acids is 1. The number of amides is 1. The van der Waals surface area contributed by atoms with E-state index in [1.165, 1.54) is 17.8 Å². The molecule has 4 rings (SSSR count). The Hall–Kier alpha value is -3.85. The highest BCUT2D eigenvalue weighted by Gasteiger charge is 2.25. The molecule has 1 amide bonds. The number of nitrogens with one attached hydrogen (secondary N) is 1. The number of rotatable bonds is 5. The van der Waals surface area contributed by atoms with Crippen LogP contribution in [0.25, 0.3) is 17.4 Å². The van der Waals surface area contributed by atoms with E-state index in [-0.39, 0.29) is 11.6 Å². The van der Waals surface area contributed by atoms with Gasteiger partial charge in [-0.05, 0) is 61.5 Å². The largest absolute Gasteiger partial charge is 0.494 e. The maximum absolute atomic E-state index is 12.4. The molecule has 1 aliphatic rings. The second-order valence-electron chi connectivity index (χ2n) is 7.07. The zero-order valence-corrected chi connectivity index (χ0v) is 18.4. The third kappa shape index (κ3) is 4.28. The van der Waals surface area contributed by atoms with Crippen molar-refractivity contribution in [3.63, 3.8) is 0 Å². The van der Waals surface area contributed by atoms with Gasteiger partial charge in [-0.15, -0.1) is 0 Å². The fourth-order valence-corrected chi connectivity index (χ4v) is 4.12. The fourth-order valence-electron chi connectivity index (χ4n) is 3.30. The van der Waals surface area contributed by atoms with Gasteiger partial charge in [-0.1, -0.05) is 12.1 Å². The Kier molecular flexibility index (Phi) is 5.83. The van der Waals surface area contributed by atoms with Crippen molar-refractivity contribution in [2.24, 2.45) is 4.99 Å². The molecule has 2 heterocycles. The highest BCUT2D eigenvalue weighted by molar-refractivity contribution is 8.18. The first-order chi connectivity index (χ1) is 15.4. The van der Waals surface area contributed by atoms with Crippen LogP contribution >= 0.6 is 11.8 Å². The minimum Gasteiger partial charge on any atom is -0.494 e. The molecule has 0 spiro atoms. The molecule has 9 heteroatoms. The topological polar surface area (TPSA) is 107 Å². The maximum Gasteiger partial charge on any atom is 0.273 e. The Bertz CT molecular complexity index is 1290. The summed E-state index contributed by atoms with van der Waals surface area (Å²) in [5, 5.41) is 14.5. The molecule has 1 aromatic heterocycles. The fraction of sp³-hybridized carbons (Fsp3) is 0.130. The molecule has 0 saturated carbocycles. The van der Waals surface area contributed by atoms with Gasteiger partial charge in [0.2, 0.25) is 0 Å². The Morgan fingerprint density at radius 2 is 1.97 bits per heavy atom. The van der Waals surface area contributed by atoms with E-state index in [0.717, 1.165) is 5.56 Å². The molecule has 8 nitrogen and oxygen atoms in total. The predicted molar refractivity (Wildman–Crippen MR) is 124 cm³/mol. The Labute approximate surface area is 188 Å². The van der Waals surface area contributed by atoms with Crippen LogP contribution in [0.3, 0.4) is 0 Å². The van der Waals surface area contributed by atoms with Crippen LogP contribution < -0.4 is 10.1 Å². The van der Waals surface area contributed by atoms with Crippen LogP contribution in [0.4, 0.5) is 11.4 Å². The number of aliphatic imine (C=N–C) groups is 1. The quantitative estimate of drug-likeness (QED) is 0.319. The normalized spacial score (nSPS) is 15.9. The summed E-state index contributed by atoms with van der Waals surface area (Å²) in [6.07, 6.45) is 1.62. The van der Waals surface area contributed by atoms with Crippen LogP contribution in [0.1, 0.15) is 16.9 Å². The van der Waals surface area contributed by atoms with Crippen LogP contribution in [0.15, 0.2) is 62.8 Å². The first-order valence-corrected chi connectivity index (χ1v) is 10.5. The molecular formula is C23H19N3O5S. The third-order valence-electron chi connectivity index (χ3n) is 4.84. The standard InChI is InChI=1S/C23H19N3O5S/c1-13-10-16(14(2)18(11-13)26(28)29)19-9-8-15(31-19)12-21-22(27)25-23(32-21)24-17-6-4-5-7-20(17)30-3/h4-12H,1-3H3,(H,24,25,27)/b21-12-. The number of benzene rings is 2. The molecule has 0 radical (unpaired) electrons. The number of para-hydroxylation sites is 2. The zero-order chi connectivity index (χ0) is 22.8. The van der Waals surface area contributed by atoms with Gasteiger partial charge in [0.05, 0.1) is 16.9 Å². The summed E-state index contributed by atoms with van der Waals surface area (Å²) >= 11 is 1.19. The number of thioether (sulfide) groups is 1. The molecule has 2 aromatic carbocycles. The van der Waals surface area contributed by atoms with Crippen LogP contribution in [0.2, 0.25) is 0 Å². The molecule has 162 valence electrons. The number of ether oxygens (including phenoxy) is 1. The number of amidine groups is 1. The van der Waals surface area contributed by atoms with Crippen molar-refractivity contribution in [2.45, 2.75) is 13.8 Å². The van der Waals surface area contributed by atoms with Crippen LogP contribution in [-0.4, -0.2) is 23.1 Å². The number of hydrogen-bond acceptors (Lipinski definition) is 7. The van der Waals surface area contributed by atoms with Gasteiger partial charge in [0.1, 0.15) is 23.0 Å². The summed E-state index contributed by atoms with van der Waals surface area (Å²) in [4.78, 5) is 28.2. The molecule has 32 heavy (non-hydrogen) atoms. The molecule has 0 unspecified atom stereocenters. The summed E-state index contributed by atoms with van der Waals surface area (Å²) in [6.45, 7) is 3.48. The second kappa shape index (κ2) is 8.72. The summed E-state index contributed by atoms with van der Waals surface area (Å²) < 4.78 is 11.2. The van der Waals surface area contributed by atoms with Gasteiger partial charge < -0.3 is 14.5 Å². The predicted octanol–water partition coefficient (Wildman–Crippen LogP) is 5.37. The lowest BCUT2D eigenvalue weighted by Gasteiger charge is -2.05. The Balaban J connectivity index is 1.61. The lowest BCUT2D eigenvalue weighted by molar-refractivity contribution is -0.385. The van der Waals surface area contributed by atoms with Crippen molar-refractivity contribution in [3.05, 3.63) is 80.4 Å². The molecule has 0 atom stereocenters. The number of furan rings is 1. The number of methoxy groups -OCH3 is 1. The average Bonchev–Trinajstić information content (AvgIpc) is 3.36. The van der Waals surface area contributed by atoms with E-state index in [0.29, 0.717) is 44.2 Å². The maximum atomic E-state index is 12.4. The molecule has 1 fully saturated rings. The van der Waals surface area contributed by atoms with E-state index < -0.39 is 4.92 Å². The second-order valence-corrected chi connectivity index (χ2v) is 8.10. The minimum absolute atomic E-state index is 0.0409. The van der Waals surface area contributed by atoms with Gasteiger partial charge >= 0.3 is 0 Å². The first-order valence-electron chi connectivity index (χ1n) is 9.64. The minimum atomic E-state index is -0.403. The molecule has 1 aliphatic heterocycles. The molecule has 0 aliphatic carbocycles. The SMILES string of the molecule is COc1ccccc1N=C1NC(=O)/C(=C/c2ccc(-c3cc(C)cc([N+](=O)[O-])c3C)o2)S1. The van der Waals surface area contributed by atoms with Gasteiger partial charge in [-0.2, -0.15) is 0 Å². The zero-order valence-electron chi connectivity index (χ0n) is 17.5. The Morgan fingerprint density at radius 3 is 2.72 bits per heavy atom. The number of carbonyl (C=O) groups is 1. The number of nitro groups is 1. The summed E-state index contributed by atoms with van der Waals surface area (Å²) in [6, 6.07) is 14.1. The number of nitrogens with zero attached hydrogens (tertiary/aromatic N) is 2. The van der Waals surface area contributed by atoms with E-state index in [9.17, 15) is 14.9 Å². The van der Waals surface area contributed by atoms with Crippen molar-refractivity contribution in [1.29, 1.82) is 0 Å². The van der Waals surface area contributed by atoms with Crippen LogP contribution in [0.5, 0.6) is 5.75 Å². The summed E-state index contributed by atoms with van der Waals surface area (Å²) in [5.74, 6) is 1.27. The summed E-state index contributed by atoms with van der Waals surface area (Å²) in [5.41, 5.74) is 2.57. The molecule has 1 saturated heterocycles. The summed E-state index contributed by atoms with van der Waals surface area (Å²) in [7, 11) is 1.56. The third-order valence-corrected chi connectivity index (χ3v) is 5.75. The number of aryl methyl sites for hydroxylation is 1. The molecule has 3 aromatic rings.